The Kier molecular flexibility index (Phi) is 9.23. The van der Waals surface area contributed by atoms with Crippen molar-refractivity contribution in [2.24, 2.45) is 0 Å². The van der Waals surface area contributed by atoms with Gasteiger partial charge in [0, 0.05) is 12.1 Å². The summed E-state index contributed by atoms with van der Waals surface area (Å²) < 4.78 is 131. The van der Waals surface area contributed by atoms with Crippen LogP contribution in [0.1, 0.15) is 53.6 Å². The predicted octanol–water partition coefficient (Wildman–Crippen LogP) is 7.74. The number of hydrogen-bond donors (Lipinski definition) is 0. The lowest BCUT2D eigenvalue weighted by Gasteiger charge is -2.32. The fourth-order valence-corrected chi connectivity index (χ4v) is 4.31. The van der Waals surface area contributed by atoms with Gasteiger partial charge in [0.1, 0.15) is 0 Å². The van der Waals surface area contributed by atoms with Crippen molar-refractivity contribution in [3.63, 3.8) is 0 Å². The minimum Gasteiger partial charge on any atom is -0.453 e. The molecule has 0 saturated carbocycles. The van der Waals surface area contributed by atoms with E-state index in [1.54, 1.807) is 0 Å². The maximum absolute atomic E-state index is 13.6. The highest BCUT2D eigenvalue weighted by atomic mass is 19.4. The second kappa shape index (κ2) is 11.9. The quantitative estimate of drug-likeness (QED) is 0.258. The van der Waals surface area contributed by atoms with Crippen molar-refractivity contribution in [1.82, 2.24) is 4.90 Å². The van der Waals surface area contributed by atoms with Gasteiger partial charge in [0.05, 0.1) is 48.7 Å². The molecule has 226 valence electrons. The van der Waals surface area contributed by atoms with E-state index < -0.39 is 65.6 Å². The summed E-state index contributed by atoms with van der Waals surface area (Å²) in [5, 5.41) is 0.939. The molecule has 7 nitrogen and oxygen atoms in total. The number of benzene rings is 2. The van der Waals surface area contributed by atoms with Crippen molar-refractivity contribution in [3.8, 4) is 0 Å². The summed E-state index contributed by atoms with van der Waals surface area (Å²) in [5.41, 5.74) is -5.39. The van der Waals surface area contributed by atoms with Crippen LogP contribution in [0.25, 0.3) is 0 Å². The smallest absolute Gasteiger partial charge is 0.453 e. The van der Waals surface area contributed by atoms with Gasteiger partial charge in [-0.1, -0.05) is 0 Å². The topological polar surface area (TPSA) is 68.3 Å². The number of methoxy groups -OCH3 is 1. The van der Waals surface area contributed by atoms with Crippen molar-refractivity contribution < 1.29 is 63.4 Å². The molecular weight excluding hydrogens is 579 g/mol. The Morgan fingerprint density at radius 2 is 1.49 bits per heavy atom. The summed E-state index contributed by atoms with van der Waals surface area (Å²) in [6.45, 7) is 0.418. The first-order valence-corrected chi connectivity index (χ1v) is 11.9. The van der Waals surface area contributed by atoms with E-state index in [0.717, 1.165) is 23.1 Å². The van der Waals surface area contributed by atoms with Crippen molar-refractivity contribution in [2.75, 3.05) is 25.3 Å². The third kappa shape index (κ3) is 7.67. The average molecular weight is 602 g/mol. The van der Waals surface area contributed by atoms with E-state index in [2.05, 4.69) is 0 Å². The van der Waals surface area contributed by atoms with Crippen LogP contribution in [0.3, 0.4) is 0 Å². The summed E-state index contributed by atoms with van der Waals surface area (Å²) in [6.07, 6.45) is -17.7. The van der Waals surface area contributed by atoms with Gasteiger partial charge < -0.3 is 14.3 Å². The Balaban J connectivity index is 2.16. The maximum atomic E-state index is 13.6. The zero-order chi connectivity index (χ0) is 30.8. The Morgan fingerprint density at radius 3 is 2.00 bits per heavy atom. The van der Waals surface area contributed by atoms with Crippen LogP contribution >= 0.6 is 0 Å². The van der Waals surface area contributed by atoms with Crippen LogP contribution in [-0.2, 0) is 39.4 Å². The number of carbonyl (C=O) groups is 2. The summed E-state index contributed by atoms with van der Waals surface area (Å²) in [4.78, 5) is 30.6. The molecule has 0 fully saturated rings. The molecule has 1 aliphatic rings. The number of alkyl halides is 9. The highest BCUT2D eigenvalue weighted by Crippen LogP contribution is 2.42. The highest BCUT2D eigenvalue weighted by Gasteiger charge is 2.39. The van der Waals surface area contributed by atoms with E-state index in [-0.39, 0.29) is 43.3 Å². The van der Waals surface area contributed by atoms with Crippen LogP contribution in [0.4, 0.5) is 54.8 Å². The number of fused-ring (bicyclic) bond motifs is 1. The van der Waals surface area contributed by atoms with Gasteiger partial charge in [0.2, 0.25) is 0 Å². The number of hydroxylamine groups is 1. The van der Waals surface area contributed by atoms with E-state index >= 15 is 0 Å². The van der Waals surface area contributed by atoms with Crippen molar-refractivity contribution in [3.05, 3.63) is 64.2 Å². The number of rotatable bonds is 5. The molecule has 0 bridgehead atoms. The molecular formula is C25H23F9N2O5. The normalized spacial score (nSPS) is 16.0. The highest BCUT2D eigenvalue weighted by molar-refractivity contribution is 5.70. The lowest BCUT2D eigenvalue weighted by Crippen LogP contribution is -2.35. The monoisotopic (exact) mass is 602 g/mol. The minimum atomic E-state index is -5.17. The molecule has 1 atom stereocenters. The molecule has 41 heavy (non-hydrogen) atoms. The van der Waals surface area contributed by atoms with Crippen LogP contribution in [-0.4, -0.2) is 37.4 Å². The van der Waals surface area contributed by atoms with Gasteiger partial charge in [-0.2, -0.15) is 39.5 Å². The van der Waals surface area contributed by atoms with E-state index in [1.807, 2.05) is 0 Å². The number of amides is 1. The van der Waals surface area contributed by atoms with Gasteiger partial charge in [0.15, 0.2) is 0 Å². The number of halogens is 9. The first-order chi connectivity index (χ1) is 19.0. The molecule has 0 aromatic heterocycles. The van der Waals surface area contributed by atoms with E-state index in [4.69, 9.17) is 14.3 Å². The van der Waals surface area contributed by atoms with Gasteiger partial charge in [0.25, 0.3) is 0 Å². The average Bonchev–Trinajstić information content (AvgIpc) is 3.04. The second-order valence-corrected chi connectivity index (χ2v) is 8.82. The molecule has 16 heteroatoms. The zero-order valence-electron chi connectivity index (χ0n) is 21.4. The zero-order valence-corrected chi connectivity index (χ0v) is 21.4. The van der Waals surface area contributed by atoms with Crippen LogP contribution in [0.15, 0.2) is 36.4 Å². The Morgan fingerprint density at radius 1 is 0.902 bits per heavy atom. The number of ether oxygens (including phenoxy) is 2. The molecule has 1 amide bonds. The van der Waals surface area contributed by atoms with Crippen LogP contribution in [0.2, 0.25) is 0 Å². The first-order valence-electron chi connectivity index (χ1n) is 11.9. The maximum Gasteiger partial charge on any atom is 0.533 e. The van der Waals surface area contributed by atoms with Crippen molar-refractivity contribution in [2.45, 2.75) is 50.9 Å². The molecule has 1 heterocycles. The van der Waals surface area contributed by atoms with E-state index in [0.29, 0.717) is 24.3 Å². The summed E-state index contributed by atoms with van der Waals surface area (Å²) in [7, 11) is 0.891. The summed E-state index contributed by atoms with van der Waals surface area (Å²) in [5.74, 6) is 0. The lowest BCUT2D eigenvalue weighted by molar-refractivity contribution is -0.143. The predicted molar refractivity (Wildman–Crippen MR) is 123 cm³/mol. The number of anilines is 1. The molecule has 2 aromatic rings. The standard InChI is InChI=1S/C25H23F9N2O5/c1-3-40-22(38)41-36-8-4-5-19(18-12-15(23(26,27)28)6-7-20(18)36)35(21(37)39-2)13-14-9-16(24(29,30)31)11-17(10-14)25(32,33)34/h6-7,9-12,19H,3-5,8,13H2,1-2H3. The lowest BCUT2D eigenvalue weighted by atomic mass is 9.96. The first kappa shape index (κ1) is 31.7. The third-order valence-corrected chi connectivity index (χ3v) is 6.05. The molecule has 3 rings (SSSR count). The third-order valence-electron chi connectivity index (χ3n) is 6.05. The second-order valence-electron chi connectivity index (χ2n) is 8.82. The molecule has 0 N–H and O–H groups in total. The molecule has 0 saturated heterocycles. The SMILES string of the molecule is CCOC(=O)ON1CCCC(N(Cc2cc(C(F)(F)F)cc(C(F)(F)F)c2)C(=O)OC)c2cc(C(F)(F)F)ccc21. The molecule has 1 unspecified atom stereocenters. The molecule has 2 aromatic carbocycles. The fraction of sp³-hybridized carbons (Fsp3) is 0.440. The fourth-order valence-electron chi connectivity index (χ4n) is 4.31. The largest absolute Gasteiger partial charge is 0.533 e. The Hall–Kier alpha value is -3.85. The molecule has 1 aliphatic heterocycles. The molecule has 0 radical (unpaired) electrons. The van der Waals surface area contributed by atoms with Crippen molar-refractivity contribution >= 4 is 17.9 Å². The van der Waals surface area contributed by atoms with Gasteiger partial charge in [-0.25, -0.2) is 14.7 Å². The van der Waals surface area contributed by atoms with Gasteiger partial charge in [-0.3, -0.25) is 4.90 Å². The Bertz CT molecular complexity index is 1230. The van der Waals surface area contributed by atoms with E-state index in [1.165, 1.54) is 6.92 Å². The minimum absolute atomic E-state index is 0.0595. The van der Waals surface area contributed by atoms with Gasteiger partial charge in [-0.15, -0.1) is 0 Å². The molecule has 0 spiro atoms. The van der Waals surface area contributed by atoms with Gasteiger partial charge in [-0.05, 0) is 61.7 Å². The van der Waals surface area contributed by atoms with Gasteiger partial charge >= 0.3 is 30.8 Å². The number of carbonyl (C=O) groups excluding carboxylic acids is 2. The van der Waals surface area contributed by atoms with Crippen molar-refractivity contribution in [1.29, 1.82) is 0 Å². The Labute approximate surface area is 227 Å². The van der Waals surface area contributed by atoms with Crippen LogP contribution < -0.4 is 5.06 Å². The number of hydrogen-bond acceptors (Lipinski definition) is 6. The summed E-state index contributed by atoms with van der Waals surface area (Å²) in [6, 6.07) is 1.70. The summed E-state index contributed by atoms with van der Waals surface area (Å²) >= 11 is 0. The van der Waals surface area contributed by atoms with Crippen LogP contribution in [0.5, 0.6) is 0 Å². The molecule has 0 aliphatic carbocycles. The number of nitrogens with zero attached hydrogens (tertiary/aromatic N) is 2. The van der Waals surface area contributed by atoms with E-state index in [9.17, 15) is 49.1 Å². The van der Waals surface area contributed by atoms with Crippen LogP contribution in [0, 0.1) is 0 Å².